The molecule has 0 saturated heterocycles. The highest BCUT2D eigenvalue weighted by atomic mass is 32.2. The molecule has 11 nitrogen and oxygen atoms in total. The number of hydrogen-bond donors (Lipinski definition) is 1. The molecule has 4 rings (SSSR count). The van der Waals surface area contributed by atoms with Crippen LogP contribution in [0, 0.1) is 10.1 Å². The van der Waals surface area contributed by atoms with Gasteiger partial charge in [-0.1, -0.05) is 73.7 Å². The van der Waals surface area contributed by atoms with Crippen LogP contribution in [0.5, 0.6) is 5.75 Å². The normalized spacial score (nSPS) is 11.9. The average molecular weight is 632 g/mol. The first-order chi connectivity index (χ1) is 21.6. The third-order valence-electron chi connectivity index (χ3n) is 7.03. The number of ketones is 1. The Hall–Kier alpha value is -5.07. The minimum atomic E-state index is -4.12. The molecule has 1 N–H and O–H groups in total. The molecule has 0 amide bonds. The maximum atomic E-state index is 13.2. The molecular formula is C33H33N3O8S. The van der Waals surface area contributed by atoms with Gasteiger partial charge in [0, 0.05) is 42.4 Å². The molecule has 0 aliphatic rings. The number of nitrogens with one attached hydrogen (secondary N) is 1. The van der Waals surface area contributed by atoms with E-state index in [1.54, 1.807) is 79.7 Å². The number of sulfonamides is 1. The fraction of sp³-hybridized carbons (Fsp3) is 0.212. The zero-order valence-corrected chi connectivity index (χ0v) is 25.6. The molecule has 4 aromatic carbocycles. The van der Waals surface area contributed by atoms with Gasteiger partial charge in [-0.15, -0.1) is 0 Å². The van der Waals surface area contributed by atoms with Gasteiger partial charge in [0.1, 0.15) is 18.4 Å². The van der Waals surface area contributed by atoms with Crippen molar-refractivity contribution in [3.63, 3.8) is 0 Å². The van der Waals surface area contributed by atoms with Crippen molar-refractivity contribution in [3.8, 4) is 5.75 Å². The molecule has 12 heteroatoms. The Bertz CT molecular complexity index is 1750. The molecular weight excluding hydrogens is 598 g/mol. The summed E-state index contributed by atoms with van der Waals surface area (Å²) in [4.78, 5) is 36.2. The number of para-hydroxylation sites is 2. The van der Waals surface area contributed by atoms with Crippen LogP contribution in [-0.2, 0) is 26.0 Å². The lowest BCUT2D eigenvalue weighted by Crippen LogP contribution is -2.34. The van der Waals surface area contributed by atoms with Crippen LogP contribution in [0.15, 0.2) is 108 Å². The summed E-state index contributed by atoms with van der Waals surface area (Å²) < 4.78 is 38.2. The highest BCUT2D eigenvalue weighted by Gasteiger charge is 2.30. The number of likely N-dealkylation sites (N-methyl/N-ethyl adjacent to an activating group) is 1. The Labute approximate surface area is 261 Å². The van der Waals surface area contributed by atoms with Crippen molar-refractivity contribution in [2.75, 3.05) is 32.1 Å². The van der Waals surface area contributed by atoms with Gasteiger partial charge in [0.25, 0.3) is 5.69 Å². The van der Waals surface area contributed by atoms with E-state index in [2.05, 4.69) is 5.32 Å². The van der Waals surface area contributed by atoms with Crippen LogP contribution < -0.4 is 10.1 Å². The van der Waals surface area contributed by atoms with Crippen molar-refractivity contribution in [2.24, 2.45) is 0 Å². The molecule has 0 unspecified atom stereocenters. The van der Waals surface area contributed by atoms with Crippen molar-refractivity contribution >= 4 is 33.2 Å². The lowest BCUT2D eigenvalue weighted by Gasteiger charge is -2.21. The predicted molar refractivity (Wildman–Crippen MR) is 169 cm³/mol. The SMILES string of the molecule is CCN(CCOc1ccc(C[C@H](Nc2ccccc2C(=O)c2ccccc2)C(=O)OC)cc1)S(=O)(=O)c1ccccc1[N+](=O)[O-]. The molecule has 0 aliphatic carbocycles. The summed E-state index contributed by atoms with van der Waals surface area (Å²) in [5.74, 6) is -0.212. The van der Waals surface area contributed by atoms with Gasteiger partial charge >= 0.3 is 5.97 Å². The molecule has 0 bridgehead atoms. The second-order valence-electron chi connectivity index (χ2n) is 9.88. The molecule has 45 heavy (non-hydrogen) atoms. The molecule has 234 valence electrons. The highest BCUT2D eigenvalue weighted by Crippen LogP contribution is 2.26. The lowest BCUT2D eigenvalue weighted by atomic mass is 10.00. The lowest BCUT2D eigenvalue weighted by molar-refractivity contribution is -0.387. The third-order valence-corrected chi connectivity index (χ3v) is 9.05. The maximum absolute atomic E-state index is 13.2. The number of hydrogen-bond acceptors (Lipinski definition) is 9. The highest BCUT2D eigenvalue weighted by molar-refractivity contribution is 7.89. The average Bonchev–Trinajstić information content (AvgIpc) is 3.07. The smallest absolute Gasteiger partial charge is 0.328 e. The van der Waals surface area contributed by atoms with Gasteiger partial charge in [0.15, 0.2) is 10.7 Å². The van der Waals surface area contributed by atoms with E-state index in [0.29, 0.717) is 22.6 Å². The van der Waals surface area contributed by atoms with Crippen molar-refractivity contribution in [2.45, 2.75) is 24.3 Å². The first-order valence-corrected chi connectivity index (χ1v) is 15.6. The van der Waals surface area contributed by atoms with Crippen LogP contribution in [0.3, 0.4) is 0 Å². The van der Waals surface area contributed by atoms with Crippen LogP contribution in [-0.4, -0.2) is 62.2 Å². The molecule has 0 spiro atoms. The van der Waals surface area contributed by atoms with E-state index in [1.165, 1.54) is 25.3 Å². The van der Waals surface area contributed by atoms with Crippen molar-refractivity contribution < 1.29 is 32.4 Å². The third kappa shape index (κ3) is 8.11. The largest absolute Gasteiger partial charge is 0.492 e. The van der Waals surface area contributed by atoms with E-state index in [9.17, 15) is 28.1 Å². The standard InChI is InChI=1S/C33H33N3O8S/c1-3-35(45(41,42)31-16-10-9-15-30(31)36(39)40)21-22-44-26-19-17-24(18-20-26)23-29(33(38)43-2)34-28-14-8-7-13-27(28)32(37)25-11-5-4-6-12-25/h4-20,29,34H,3,21-23H2,1-2H3/t29-/m0/s1. The number of carbonyl (C=O) groups is 2. The molecule has 0 radical (unpaired) electrons. The molecule has 0 fully saturated rings. The Morgan fingerprint density at radius 1 is 0.911 bits per heavy atom. The number of nitro benzene ring substituents is 1. The molecule has 4 aromatic rings. The number of anilines is 1. The summed E-state index contributed by atoms with van der Waals surface area (Å²) >= 11 is 0. The van der Waals surface area contributed by atoms with Crippen molar-refractivity contribution in [3.05, 3.63) is 130 Å². The fourth-order valence-electron chi connectivity index (χ4n) is 4.71. The number of nitrogens with zero attached hydrogens (tertiary/aromatic N) is 2. The van der Waals surface area contributed by atoms with Gasteiger partial charge in [0.05, 0.1) is 12.0 Å². The fourth-order valence-corrected chi connectivity index (χ4v) is 6.30. The van der Waals surface area contributed by atoms with Gasteiger partial charge in [0.2, 0.25) is 10.0 Å². The number of nitro groups is 1. The number of carbonyl (C=O) groups excluding carboxylic acids is 2. The van der Waals surface area contributed by atoms with E-state index in [4.69, 9.17) is 9.47 Å². The molecule has 0 aliphatic heterocycles. The van der Waals surface area contributed by atoms with Crippen LogP contribution in [0.4, 0.5) is 11.4 Å². The predicted octanol–water partition coefficient (Wildman–Crippen LogP) is 5.11. The van der Waals surface area contributed by atoms with Gasteiger partial charge in [-0.25, -0.2) is 13.2 Å². The van der Waals surface area contributed by atoms with Crippen molar-refractivity contribution in [1.29, 1.82) is 0 Å². The summed E-state index contributed by atoms with van der Waals surface area (Å²) in [5.41, 5.74) is 1.74. The second-order valence-corrected chi connectivity index (χ2v) is 11.8. The Morgan fingerprint density at radius 3 is 2.22 bits per heavy atom. The minimum Gasteiger partial charge on any atom is -0.492 e. The van der Waals surface area contributed by atoms with Gasteiger partial charge < -0.3 is 14.8 Å². The van der Waals surface area contributed by atoms with E-state index in [1.807, 2.05) is 6.07 Å². The Morgan fingerprint density at radius 2 is 1.56 bits per heavy atom. The molecule has 1 atom stereocenters. The quantitative estimate of drug-likeness (QED) is 0.0819. The first-order valence-electron chi connectivity index (χ1n) is 14.1. The van der Waals surface area contributed by atoms with Crippen LogP contribution >= 0.6 is 0 Å². The van der Waals surface area contributed by atoms with Crippen LogP contribution in [0.1, 0.15) is 28.4 Å². The number of benzene rings is 4. The number of methoxy groups -OCH3 is 1. The molecule has 0 aromatic heterocycles. The number of esters is 1. The Balaban J connectivity index is 1.41. The topological polar surface area (TPSA) is 145 Å². The molecule has 0 saturated carbocycles. The van der Waals surface area contributed by atoms with E-state index >= 15 is 0 Å². The monoisotopic (exact) mass is 631 g/mol. The number of rotatable bonds is 15. The van der Waals surface area contributed by atoms with Gasteiger partial charge in [-0.3, -0.25) is 14.9 Å². The number of ether oxygens (including phenoxy) is 2. The van der Waals surface area contributed by atoms with Crippen LogP contribution in [0.2, 0.25) is 0 Å². The molecule has 0 heterocycles. The summed E-state index contributed by atoms with van der Waals surface area (Å²) in [6.45, 7) is 1.72. The zero-order chi connectivity index (χ0) is 32.4. The van der Waals surface area contributed by atoms with Crippen LogP contribution in [0.25, 0.3) is 0 Å². The summed E-state index contributed by atoms with van der Waals surface area (Å²) in [7, 11) is -2.83. The summed E-state index contributed by atoms with van der Waals surface area (Å²) in [6.07, 6.45) is 0.249. The Kier molecular flexibility index (Phi) is 11.0. The minimum absolute atomic E-state index is 0.00557. The second kappa shape index (κ2) is 15.1. The maximum Gasteiger partial charge on any atom is 0.328 e. The zero-order valence-electron chi connectivity index (χ0n) is 24.8. The van der Waals surface area contributed by atoms with Crippen molar-refractivity contribution in [1.82, 2.24) is 4.31 Å². The van der Waals surface area contributed by atoms with E-state index in [0.717, 1.165) is 15.9 Å². The van der Waals surface area contributed by atoms with E-state index in [-0.39, 0.29) is 36.8 Å². The summed E-state index contributed by atoms with van der Waals surface area (Å²) in [5, 5.41) is 14.5. The van der Waals surface area contributed by atoms with Gasteiger partial charge in [-0.2, -0.15) is 4.31 Å². The van der Waals surface area contributed by atoms with Gasteiger partial charge in [-0.05, 0) is 35.9 Å². The van der Waals surface area contributed by atoms with E-state index < -0.39 is 32.6 Å². The first kappa shape index (κ1) is 32.8. The summed E-state index contributed by atoms with van der Waals surface area (Å²) in [6, 6.07) is 27.2.